The van der Waals surface area contributed by atoms with Gasteiger partial charge in [-0.1, -0.05) is 12.1 Å². The molecule has 0 bridgehead atoms. The van der Waals surface area contributed by atoms with Crippen molar-refractivity contribution in [2.45, 2.75) is 37.1 Å². The molecule has 1 aromatic heterocycles. The zero-order valence-electron chi connectivity index (χ0n) is 18.9. The van der Waals surface area contributed by atoms with Crippen LogP contribution in [0.15, 0.2) is 51.9 Å². The minimum atomic E-state index is -1.73. The van der Waals surface area contributed by atoms with E-state index in [9.17, 15) is 39.9 Å². The van der Waals surface area contributed by atoms with Crippen LogP contribution in [-0.4, -0.2) is 79.9 Å². The van der Waals surface area contributed by atoms with Gasteiger partial charge >= 0.3 is 11.9 Å². The average molecular weight is 518 g/mol. The van der Waals surface area contributed by atoms with Gasteiger partial charge < -0.3 is 49.3 Å². The first kappa shape index (κ1) is 25.9. The molecule has 2 heterocycles. The number of aromatic hydroxyl groups is 2. The van der Waals surface area contributed by atoms with Crippen LogP contribution in [0.25, 0.3) is 22.1 Å². The summed E-state index contributed by atoms with van der Waals surface area (Å²) in [4.78, 5) is 34.9. The second-order valence-electron chi connectivity index (χ2n) is 8.23. The van der Waals surface area contributed by atoms with Crippen molar-refractivity contribution in [1.29, 1.82) is 0 Å². The molecule has 0 radical (unpaired) electrons. The number of ether oxygens (including phenoxy) is 3. The number of fused-ring (bicyclic) bond motifs is 1. The van der Waals surface area contributed by atoms with Crippen LogP contribution in [0.1, 0.15) is 6.42 Å². The van der Waals surface area contributed by atoms with Crippen LogP contribution in [0.5, 0.6) is 17.2 Å². The van der Waals surface area contributed by atoms with Gasteiger partial charge in [0, 0.05) is 12.1 Å². The van der Waals surface area contributed by atoms with Gasteiger partial charge in [0.1, 0.15) is 71.9 Å². The van der Waals surface area contributed by atoms with E-state index in [-0.39, 0.29) is 28.0 Å². The Morgan fingerprint density at radius 3 is 2.35 bits per heavy atom. The van der Waals surface area contributed by atoms with Crippen LogP contribution in [0.2, 0.25) is 0 Å². The number of esters is 1. The van der Waals surface area contributed by atoms with Gasteiger partial charge in [0.05, 0.1) is 5.56 Å². The maximum absolute atomic E-state index is 12.9. The molecule has 1 fully saturated rings. The van der Waals surface area contributed by atoms with Crippen molar-refractivity contribution in [2.24, 2.45) is 0 Å². The van der Waals surface area contributed by atoms with E-state index in [0.29, 0.717) is 5.56 Å². The Balaban J connectivity index is 1.49. The predicted octanol–water partition coefficient (Wildman–Crippen LogP) is 0.0755. The Labute approximate surface area is 207 Å². The van der Waals surface area contributed by atoms with E-state index < -0.39 is 66.9 Å². The summed E-state index contributed by atoms with van der Waals surface area (Å²) in [6.45, 7) is -0.599. The summed E-state index contributed by atoms with van der Waals surface area (Å²) in [5.74, 6) is -3.07. The molecule has 2 aromatic carbocycles. The van der Waals surface area contributed by atoms with Gasteiger partial charge in [0.2, 0.25) is 11.7 Å². The zero-order chi connectivity index (χ0) is 26.9. The number of carboxylic acids is 1. The molecule has 0 aliphatic carbocycles. The molecule has 196 valence electrons. The highest BCUT2D eigenvalue weighted by atomic mass is 16.7. The molecule has 0 spiro atoms. The van der Waals surface area contributed by atoms with Gasteiger partial charge in [-0.2, -0.15) is 0 Å². The first-order valence-electron chi connectivity index (χ1n) is 10.9. The molecule has 0 unspecified atom stereocenters. The van der Waals surface area contributed by atoms with Crippen molar-refractivity contribution in [2.75, 3.05) is 6.61 Å². The summed E-state index contributed by atoms with van der Waals surface area (Å²) in [6, 6.07) is 8.02. The van der Waals surface area contributed by atoms with Gasteiger partial charge in [-0.15, -0.1) is 0 Å². The SMILES string of the molecule is O=C(O)CC(=O)OC[C@H]1O[C@@H](Oc2ccc(-c3coc4cc(O)cc(O)c4c3=O)cc2)[C@H](O)[C@@H](O)[C@@H]1O. The van der Waals surface area contributed by atoms with Crippen molar-refractivity contribution in [3.8, 4) is 28.4 Å². The summed E-state index contributed by atoms with van der Waals surface area (Å²) >= 11 is 0. The second-order valence-corrected chi connectivity index (χ2v) is 8.23. The Morgan fingerprint density at radius 2 is 1.68 bits per heavy atom. The van der Waals surface area contributed by atoms with Crippen LogP contribution in [-0.2, 0) is 19.1 Å². The molecule has 13 nitrogen and oxygen atoms in total. The lowest BCUT2D eigenvalue weighted by atomic mass is 9.99. The monoisotopic (exact) mass is 518 g/mol. The number of phenols is 2. The van der Waals surface area contributed by atoms with E-state index in [0.717, 1.165) is 6.07 Å². The molecular formula is C24H22O13. The molecule has 4 rings (SSSR count). The maximum atomic E-state index is 12.9. The van der Waals surface area contributed by atoms with Crippen LogP contribution < -0.4 is 10.2 Å². The molecule has 1 aliphatic heterocycles. The third-order valence-corrected chi connectivity index (χ3v) is 5.63. The van der Waals surface area contributed by atoms with Crippen molar-refractivity contribution in [3.63, 3.8) is 0 Å². The number of aliphatic hydroxyl groups is 3. The number of phenolic OH excluding ortho intramolecular Hbond substituents is 2. The van der Waals surface area contributed by atoms with Gasteiger partial charge in [-0.25, -0.2) is 0 Å². The number of carbonyl (C=O) groups excluding carboxylic acids is 1. The number of hydrogen-bond acceptors (Lipinski definition) is 12. The van der Waals surface area contributed by atoms with Crippen molar-refractivity contribution in [3.05, 3.63) is 52.9 Å². The molecule has 0 saturated carbocycles. The smallest absolute Gasteiger partial charge is 0.317 e. The first-order valence-corrected chi connectivity index (χ1v) is 10.9. The molecule has 13 heteroatoms. The normalized spacial score (nSPS) is 23.5. The predicted molar refractivity (Wildman–Crippen MR) is 122 cm³/mol. The van der Waals surface area contributed by atoms with Crippen LogP contribution in [0.3, 0.4) is 0 Å². The van der Waals surface area contributed by atoms with E-state index in [4.69, 9.17) is 23.7 Å². The summed E-state index contributed by atoms with van der Waals surface area (Å²) in [7, 11) is 0. The van der Waals surface area contributed by atoms with Crippen LogP contribution in [0, 0.1) is 0 Å². The van der Waals surface area contributed by atoms with Crippen molar-refractivity contribution in [1.82, 2.24) is 0 Å². The molecule has 1 aliphatic rings. The largest absolute Gasteiger partial charge is 0.508 e. The third kappa shape index (κ3) is 5.49. The number of carbonyl (C=O) groups is 2. The minimum Gasteiger partial charge on any atom is -0.508 e. The molecule has 0 amide bonds. The fourth-order valence-corrected chi connectivity index (χ4v) is 3.77. The first-order chi connectivity index (χ1) is 17.5. The Hall–Kier alpha value is -4.17. The van der Waals surface area contributed by atoms with Crippen molar-refractivity contribution < 1.29 is 58.9 Å². The molecule has 5 atom stereocenters. The fraction of sp³-hybridized carbons (Fsp3) is 0.292. The maximum Gasteiger partial charge on any atom is 0.317 e. The highest BCUT2D eigenvalue weighted by Gasteiger charge is 2.45. The van der Waals surface area contributed by atoms with E-state index >= 15 is 0 Å². The van der Waals surface area contributed by atoms with Gasteiger partial charge in [0.25, 0.3) is 0 Å². The highest BCUT2D eigenvalue weighted by Crippen LogP contribution is 2.31. The molecule has 37 heavy (non-hydrogen) atoms. The molecule has 1 saturated heterocycles. The van der Waals surface area contributed by atoms with Gasteiger partial charge in [-0.3, -0.25) is 14.4 Å². The van der Waals surface area contributed by atoms with E-state index in [2.05, 4.69) is 0 Å². The Kier molecular flexibility index (Phi) is 7.31. The second kappa shape index (κ2) is 10.4. The van der Waals surface area contributed by atoms with Crippen molar-refractivity contribution >= 4 is 22.9 Å². The van der Waals surface area contributed by atoms with Gasteiger partial charge in [0.15, 0.2) is 0 Å². The zero-order valence-corrected chi connectivity index (χ0v) is 18.9. The average Bonchev–Trinajstić information content (AvgIpc) is 2.83. The topological polar surface area (TPSA) is 213 Å². The lowest BCUT2D eigenvalue weighted by molar-refractivity contribution is -0.278. The van der Waals surface area contributed by atoms with E-state index in [1.54, 1.807) is 0 Å². The summed E-state index contributed by atoms with van der Waals surface area (Å²) < 4.78 is 21.1. The molecular weight excluding hydrogens is 496 g/mol. The Morgan fingerprint density at radius 1 is 0.973 bits per heavy atom. The fourth-order valence-electron chi connectivity index (χ4n) is 3.77. The number of aliphatic hydroxyl groups excluding tert-OH is 3. The third-order valence-electron chi connectivity index (χ3n) is 5.63. The summed E-state index contributed by atoms with van der Waals surface area (Å²) in [5, 5.41) is 58.6. The van der Waals surface area contributed by atoms with E-state index in [1.807, 2.05) is 0 Å². The minimum absolute atomic E-state index is 0.00132. The summed E-state index contributed by atoms with van der Waals surface area (Å²) in [5.41, 5.74) is -0.0514. The standard InChI is InChI=1S/C24H22O13/c25-11-5-14(26)19-15(6-11)34-8-13(20(19)30)10-1-3-12(4-2-10)36-24-23(33)22(32)21(31)16(37-24)9-35-18(29)7-17(27)28/h1-6,8,16,21-26,31-33H,7,9H2,(H,27,28)/t16-,21-,22+,23-,24-/m1/s1. The molecule has 3 aromatic rings. The lowest BCUT2D eigenvalue weighted by Crippen LogP contribution is -2.60. The molecule has 6 N–H and O–H groups in total. The van der Waals surface area contributed by atoms with E-state index in [1.165, 1.54) is 36.6 Å². The highest BCUT2D eigenvalue weighted by molar-refractivity contribution is 5.90. The van der Waals surface area contributed by atoms with Gasteiger partial charge in [-0.05, 0) is 17.7 Å². The quantitative estimate of drug-likeness (QED) is 0.181. The number of carboxylic acid groups (broad SMARTS) is 1. The summed E-state index contributed by atoms with van der Waals surface area (Å²) in [6.07, 6.45) is -7.62. The number of rotatable bonds is 7. The van der Waals surface area contributed by atoms with Crippen LogP contribution in [0.4, 0.5) is 0 Å². The number of benzene rings is 2. The Bertz CT molecular complexity index is 1360. The lowest BCUT2D eigenvalue weighted by Gasteiger charge is -2.39. The van der Waals surface area contributed by atoms with Crippen LogP contribution >= 0.6 is 0 Å². The number of hydrogen-bond donors (Lipinski definition) is 6. The number of aliphatic carboxylic acids is 1.